The first kappa shape index (κ1) is 21.5. The molecule has 1 aromatic carbocycles. The minimum absolute atomic E-state index is 0. The summed E-state index contributed by atoms with van der Waals surface area (Å²) in [6, 6.07) is 6.35. The monoisotopic (exact) mass is 385 g/mol. The lowest BCUT2D eigenvalue weighted by molar-refractivity contribution is -0.142. The zero-order chi connectivity index (χ0) is 16.4. The molecule has 0 amide bonds. The van der Waals surface area contributed by atoms with Gasteiger partial charge in [-0.1, -0.05) is 18.2 Å². The summed E-state index contributed by atoms with van der Waals surface area (Å²) in [6.45, 7) is 2.63. The van der Waals surface area contributed by atoms with E-state index in [1.54, 1.807) is 0 Å². The van der Waals surface area contributed by atoms with Crippen LogP contribution >= 0.6 is 24.8 Å². The van der Waals surface area contributed by atoms with Gasteiger partial charge in [-0.3, -0.25) is 4.79 Å². The second-order valence-electron chi connectivity index (χ2n) is 6.26. The van der Waals surface area contributed by atoms with Crippen molar-refractivity contribution in [2.75, 3.05) is 6.54 Å². The number of rotatable bonds is 6. The second-order valence-corrected chi connectivity index (χ2v) is 6.26. The number of aryl methyl sites for hydroxylation is 2. The molecule has 25 heavy (non-hydrogen) atoms. The number of hydrogen-bond acceptors (Lipinski definition) is 3. The van der Waals surface area contributed by atoms with Crippen LogP contribution in [-0.4, -0.2) is 27.2 Å². The van der Waals surface area contributed by atoms with Crippen molar-refractivity contribution in [2.24, 2.45) is 11.7 Å². The van der Waals surface area contributed by atoms with Crippen LogP contribution in [0.5, 0.6) is 0 Å². The van der Waals surface area contributed by atoms with Crippen LogP contribution in [0.3, 0.4) is 0 Å². The Hall–Kier alpha value is -1.56. The smallest absolute Gasteiger partial charge is 0.306 e. The molecular weight excluding hydrogens is 361 g/mol. The van der Waals surface area contributed by atoms with E-state index in [1.807, 2.05) is 6.33 Å². The molecule has 1 unspecified atom stereocenters. The Morgan fingerprint density at radius 1 is 1.36 bits per heavy atom. The topological polar surface area (TPSA) is 81.1 Å². The van der Waals surface area contributed by atoms with Gasteiger partial charge in [-0.15, -0.1) is 24.8 Å². The van der Waals surface area contributed by atoms with Gasteiger partial charge in [-0.25, -0.2) is 4.98 Å². The number of nitrogens with two attached hydrogens (primary N) is 1. The zero-order valence-corrected chi connectivity index (χ0v) is 15.9. The maximum absolute atomic E-state index is 11.5. The third-order valence-electron chi connectivity index (χ3n) is 4.69. The number of halogens is 2. The van der Waals surface area contributed by atoms with Gasteiger partial charge in [0.2, 0.25) is 0 Å². The maximum Gasteiger partial charge on any atom is 0.306 e. The molecule has 7 heteroatoms. The van der Waals surface area contributed by atoms with Crippen molar-refractivity contribution in [3.8, 4) is 5.69 Å². The Morgan fingerprint density at radius 2 is 2.12 bits per heavy atom. The van der Waals surface area contributed by atoms with Crippen molar-refractivity contribution in [1.82, 2.24) is 9.55 Å². The Labute approximate surface area is 160 Å². The summed E-state index contributed by atoms with van der Waals surface area (Å²) in [5, 5.41) is 9.43. The van der Waals surface area contributed by atoms with Crippen LogP contribution in [0.2, 0.25) is 0 Å². The number of aliphatic carboxylic acids is 1. The zero-order valence-electron chi connectivity index (χ0n) is 14.3. The highest BCUT2D eigenvalue weighted by Crippen LogP contribution is 2.30. The van der Waals surface area contributed by atoms with Crippen LogP contribution in [0.15, 0.2) is 24.5 Å². The Kier molecular flexibility index (Phi) is 7.93. The minimum Gasteiger partial charge on any atom is -0.481 e. The van der Waals surface area contributed by atoms with Gasteiger partial charge in [0.05, 0.1) is 23.6 Å². The molecule has 1 aromatic heterocycles. The van der Waals surface area contributed by atoms with Gasteiger partial charge in [0.1, 0.15) is 0 Å². The highest BCUT2D eigenvalue weighted by molar-refractivity contribution is 5.85. The SMILES string of the molecule is Cc1cccc2c1-n1cnc(CC(CCCN)C(=O)O)c1CC2.Cl.Cl. The predicted molar refractivity (Wildman–Crippen MR) is 103 cm³/mol. The van der Waals surface area contributed by atoms with E-state index in [9.17, 15) is 9.90 Å². The molecule has 0 fully saturated rings. The van der Waals surface area contributed by atoms with Crippen LogP contribution in [0.25, 0.3) is 5.69 Å². The second kappa shape index (κ2) is 9.22. The summed E-state index contributed by atoms with van der Waals surface area (Å²) >= 11 is 0. The van der Waals surface area contributed by atoms with Crippen molar-refractivity contribution in [2.45, 2.75) is 39.0 Å². The molecular formula is C18H25Cl2N3O2. The number of imidazole rings is 1. The van der Waals surface area contributed by atoms with Crippen LogP contribution < -0.4 is 5.73 Å². The number of benzene rings is 1. The van der Waals surface area contributed by atoms with Crippen LogP contribution in [0.1, 0.15) is 35.4 Å². The summed E-state index contributed by atoms with van der Waals surface area (Å²) < 4.78 is 2.14. The first-order chi connectivity index (χ1) is 11.1. The summed E-state index contributed by atoms with van der Waals surface area (Å²) in [6.07, 6.45) is 5.56. The largest absolute Gasteiger partial charge is 0.481 e. The van der Waals surface area contributed by atoms with Crippen molar-refractivity contribution in [3.05, 3.63) is 47.0 Å². The number of carboxylic acid groups (broad SMARTS) is 1. The van der Waals surface area contributed by atoms with E-state index in [2.05, 4.69) is 34.7 Å². The first-order valence-electron chi connectivity index (χ1n) is 8.18. The van der Waals surface area contributed by atoms with E-state index in [0.29, 0.717) is 19.4 Å². The Balaban J connectivity index is 0.00000156. The van der Waals surface area contributed by atoms with Gasteiger partial charge >= 0.3 is 5.97 Å². The molecule has 1 aliphatic heterocycles. The molecule has 0 saturated heterocycles. The van der Waals surface area contributed by atoms with E-state index in [0.717, 1.165) is 30.7 Å². The average molecular weight is 386 g/mol. The van der Waals surface area contributed by atoms with Gasteiger partial charge in [-0.05, 0) is 50.3 Å². The first-order valence-corrected chi connectivity index (χ1v) is 8.18. The van der Waals surface area contributed by atoms with Gasteiger partial charge in [0, 0.05) is 12.1 Å². The summed E-state index contributed by atoms with van der Waals surface area (Å²) in [4.78, 5) is 16.0. The number of carbonyl (C=O) groups is 1. The number of hydrogen-bond donors (Lipinski definition) is 2. The minimum atomic E-state index is -0.757. The molecule has 2 aromatic rings. The molecule has 0 bridgehead atoms. The van der Waals surface area contributed by atoms with Crippen molar-refractivity contribution < 1.29 is 9.90 Å². The molecule has 3 rings (SSSR count). The van der Waals surface area contributed by atoms with E-state index in [4.69, 9.17) is 5.73 Å². The number of carboxylic acids is 1. The van der Waals surface area contributed by atoms with Crippen LogP contribution in [0.4, 0.5) is 0 Å². The van der Waals surface area contributed by atoms with Crippen molar-refractivity contribution in [1.29, 1.82) is 0 Å². The highest BCUT2D eigenvalue weighted by atomic mass is 35.5. The molecule has 0 spiro atoms. The van der Waals surface area contributed by atoms with Gasteiger partial charge in [-0.2, -0.15) is 0 Å². The van der Waals surface area contributed by atoms with Crippen molar-refractivity contribution in [3.63, 3.8) is 0 Å². The Morgan fingerprint density at radius 3 is 2.80 bits per heavy atom. The normalized spacial score (nSPS) is 13.0. The average Bonchev–Trinajstić information content (AvgIpc) is 2.94. The van der Waals surface area contributed by atoms with Gasteiger partial charge < -0.3 is 15.4 Å². The molecule has 138 valence electrons. The Bertz CT molecular complexity index is 731. The maximum atomic E-state index is 11.5. The third kappa shape index (κ3) is 4.35. The molecule has 1 atom stereocenters. The number of para-hydroxylation sites is 1. The van der Waals surface area contributed by atoms with E-state index in [-0.39, 0.29) is 24.8 Å². The molecule has 3 N–H and O–H groups in total. The van der Waals surface area contributed by atoms with E-state index < -0.39 is 11.9 Å². The number of aromatic nitrogens is 2. The van der Waals surface area contributed by atoms with E-state index in [1.165, 1.54) is 16.8 Å². The molecule has 0 radical (unpaired) electrons. The summed E-state index contributed by atoms with van der Waals surface area (Å²) in [7, 11) is 0. The lowest BCUT2D eigenvalue weighted by Gasteiger charge is -2.22. The molecule has 5 nitrogen and oxygen atoms in total. The van der Waals surface area contributed by atoms with E-state index >= 15 is 0 Å². The third-order valence-corrected chi connectivity index (χ3v) is 4.69. The van der Waals surface area contributed by atoms with Gasteiger partial charge in [0.15, 0.2) is 0 Å². The fourth-order valence-corrected chi connectivity index (χ4v) is 3.47. The molecule has 0 aliphatic carbocycles. The molecule has 2 heterocycles. The fraction of sp³-hybridized carbons (Fsp3) is 0.444. The quantitative estimate of drug-likeness (QED) is 0.800. The summed E-state index contributed by atoms with van der Waals surface area (Å²) in [5.74, 6) is -1.16. The lowest BCUT2D eigenvalue weighted by Crippen LogP contribution is -2.20. The van der Waals surface area contributed by atoms with Crippen LogP contribution in [-0.2, 0) is 24.1 Å². The number of nitrogens with zero attached hydrogens (tertiary/aromatic N) is 2. The van der Waals surface area contributed by atoms with Gasteiger partial charge in [0.25, 0.3) is 0 Å². The predicted octanol–water partition coefficient (Wildman–Crippen LogP) is 3.11. The molecule has 1 aliphatic rings. The van der Waals surface area contributed by atoms with Crippen molar-refractivity contribution >= 4 is 30.8 Å². The summed E-state index contributed by atoms with van der Waals surface area (Å²) in [5.41, 5.74) is 11.4. The number of fused-ring (bicyclic) bond motifs is 3. The standard InChI is InChI=1S/C18H23N3O2.2ClH/c1-12-4-2-5-13-7-8-16-15(20-11-21(16)17(12)13)10-14(18(22)23)6-3-9-19;;/h2,4-5,11,14H,3,6-10,19H2,1H3,(H,22,23);2*1H. The molecule has 0 saturated carbocycles. The van der Waals surface area contributed by atoms with Crippen LogP contribution in [0, 0.1) is 12.8 Å². The fourth-order valence-electron chi connectivity index (χ4n) is 3.47. The highest BCUT2D eigenvalue weighted by Gasteiger charge is 2.25. The lowest BCUT2D eigenvalue weighted by atomic mass is 9.93.